The van der Waals surface area contributed by atoms with Crippen LogP contribution in [0.1, 0.15) is 18.4 Å². The molecule has 0 bridgehead atoms. The van der Waals surface area contributed by atoms with Gasteiger partial charge in [0, 0.05) is 11.7 Å². The summed E-state index contributed by atoms with van der Waals surface area (Å²) in [4.78, 5) is 11.2. The van der Waals surface area contributed by atoms with Crippen molar-refractivity contribution < 1.29 is 17.6 Å². The van der Waals surface area contributed by atoms with Crippen molar-refractivity contribution >= 4 is 16.1 Å². The third kappa shape index (κ3) is 1.94. The van der Waals surface area contributed by atoms with Crippen molar-refractivity contribution in [2.24, 2.45) is 5.41 Å². The number of carbonyl (C=O) groups excluding carboxylic acids is 1. The minimum Gasteiger partial charge on any atom is -0.302 e. The van der Waals surface area contributed by atoms with Gasteiger partial charge in [-0.25, -0.2) is 12.8 Å². The number of rotatable bonds is 4. The summed E-state index contributed by atoms with van der Waals surface area (Å²) in [5.74, 6) is -1.45. The first-order valence-corrected chi connectivity index (χ1v) is 7.49. The summed E-state index contributed by atoms with van der Waals surface area (Å²) >= 11 is 0. The fraction of sp³-hybridized carbons (Fsp3) is 0.385. The Morgan fingerprint density at radius 2 is 2.21 bits per heavy atom. The molecule has 19 heavy (non-hydrogen) atoms. The van der Waals surface area contributed by atoms with E-state index < -0.39 is 32.2 Å². The van der Waals surface area contributed by atoms with Crippen molar-refractivity contribution in [2.75, 3.05) is 5.75 Å². The number of halogens is 1. The number of hydrogen-bond donors (Lipinski definition) is 0. The molecule has 1 aliphatic rings. The minimum absolute atomic E-state index is 0.152. The van der Waals surface area contributed by atoms with E-state index in [4.69, 9.17) is 5.26 Å². The molecule has 1 saturated carbocycles. The van der Waals surface area contributed by atoms with E-state index in [-0.39, 0.29) is 5.75 Å². The summed E-state index contributed by atoms with van der Waals surface area (Å²) in [5.41, 5.74) is -1.21. The number of sulfone groups is 1. The summed E-state index contributed by atoms with van der Waals surface area (Å²) in [6.45, 7) is 1.46. The van der Waals surface area contributed by atoms with Crippen LogP contribution >= 0.6 is 0 Å². The highest BCUT2D eigenvalue weighted by Gasteiger charge is 2.72. The van der Waals surface area contributed by atoms with Crippen molar-refractivity contribution in [3.05, 3.63) is 35.6 Å². The summed E-state index contributed by atoms with van der Waals surface area (Å²) in [6, 6.07) is 7.16. The molecule has 1 aromatic carbocycles. The molecule has 0 unspecified atom stereocenters. The molecule has 0 N–H and O–H groups in total. The molecule has 1 aromatic rings. The van der Waals surface area contributed by atoms with Crippen LogP contribution in [0.3, 0.4) is 0 Å². The zero-order valence-electron chi connectivity index (χ0n) is 10.2. The molecule has 0 spiro atoms. The van der Waals surface area contributed by atoms with E-state index in [0.717, 1.165) is 0 Å². The zero-order valence-corrected chi connectivity index (χ0v) is 11.0. The van der Waals surface area contributed by atoms with E-state index >= 15 is 0 Å². The van der Waals surface area contributed by atoms with Gasteiger partial charge in [-0.15, -0.1) is 0 Å². The van der Waals surface area contributed by atoms with Gasteiger partial charge in [-0.2, -0.15) is 5.26 Å². The van der Waals surface area contributed by atoms with Crippen LogP contribution < -0.4 is 0 Å². The Morgan fingerprint density at radius 1 is 1.53 bits per heavy atom. The lowest BCUT2D eigenvalue weighted by molar-refractivity contribution is -0.110. The van der Waals surface area contributed by atoms with Crippen molar-refractivity contribution in [1.82, 2.24) is 0 Å². The van der Waals surface area contributed by atoms with Gasteiger partial charge in [-0.3, -0.25) is 0 Å². The standard InChI is InChI=1S/C13H12FNO3S/c1-2-19(17,18)12-11(13(12,7-15)8-16)9-4-3-5-10(14)6-9/h3-6,8,11-12H,2H2,1H3/t11-,12-,13+/m0/s1. The molecule has 0 radical (unpaired) electrons. The predicted octanol–water partition coefficient (Wildman–Crippen LogP) is 1.44. The average Bonchev–Trinajstić information content (AvgIpc) is 3.09. The number of nitriles is 1. The second-order valence-electron chi connectivity index (χ2n) is 4.57. The fourth-order valence-corrected chi connectivity index (χ4v) is 4.44. The zero-order chi connectivity index (χ0) is 14.3. The molecular weight excluding hydrogens is 269 g/mol. The molecule has 0 aromatic heterocycles. The molecule has 3 atom stereocenters. The van der Waals surface area contributed by atoms with Crippen molar-refractivity contribution in [2.45, 2.75) is 18.1 Å². The van der Waals surface area contributed by atoms with Crippen LogP contribution in [0.4, 0.5) is 4.39 Å². The highest BCUT2D eigenvalue weighted by atomic mass is 32.2. The Morgan fingerprint density at radius 3 is 2.68 bits per heavy atom. The van der Waals surface area contributed by atoms with E-state index in [1.165, 1.54) is 31.2 Å². The first-order valence-electron chi connectivity index (χ1n) is 5.77. The lowest BCUT2D eigenvalue weighted by Crippen LogP contribution is -2.17. The number of carbonyl (C=O) groups is 1. The number of nitrogens with zero attached hydrogens (tertiary/aromatic N) is 1. The second-order valence-corrected chi connectivity index (χ2v) is 6.98. The Labute approximate surface area is 110 Å². The minimum atomic E-state index is -3.54. The lowest BCUT2D eigenvalue weighted by Gasteiger charge is -2.00. The average molecular weight is 281 g/mol. The molecule has 0 heterocycles. The van der Waals surface area contributed by atoms with Crippen molar-refractivity contribution in [1.29, 1.82) is 5.26 Å². The number of benzene rings is 1. The van der Waals surface area contributed by atoms with Crippen LogP contribution in [0.15, 0.2) is 24.3 Å². The first kappa shape index (κ1) is 13.7. The molecule has 1 aliphatic carbocycles. The van der Waals surface area contributed by atoms with Crippen molar-refractivity contribution in [3.63, 3.8) is 0 Å². The maximum absolute atomic E-state index is 13.2. The first-order chi connectivity index (χ1) is 8.93. The molecule has 2 rings (SSSR count). The Kier molecular flexibility index (Phi) is 3.19. The van der Waals surface area contributed by atoms with Gasteiger partial charge in [0.25, 0.3) is 0 Å². The molecule has 0 amide bonds. The Hall–Kier alpha value is -1.74. The SMILES string of the molecule is CCS(=O)(=O)[C@H]1[C@H](c2cccc(F)c2)[C@@]1(C#N)C=O. The molecule has 6 heteroatoms. The molecule has 1 fully saturated rings. The van der Waals surface area contributed by atoms with Gasteiger partial charge in [0.2, 0.25) is 0 Å². The van der Waals surface area contributed by atoms with E-state index in [2.05, 4.69) is 0 Å². The normalized spacial score (nSPS) is 29.5. The highest BCUT2D eigenvalue weighted by molar-refractivity contribution is 7.92. The topological polar surface area (TPSA) is 75.0 Å². The monoisotopic (exact) mass is 281 g/mol. The highest BCUT2D eigenvalue weighted by Crippen LogP contribution is 2.61. The molecule has 0 aliphatic heterocycles. The van der Waals surface area contributed by atoms with Crippen LogP contribution in [0.5, 0.6) is 0 Å². The quantitative estimate of drug-likeness (QED) is 0.782. The van der Waals surface area contributed by atoms with Crippen LogP contribution in [0, 0.1) is 22.6 Å². The van der Waals surface area contributed by atoms with Gasteiger partial charge < -0.3 is 4.79 Å². The summed E-state index contributed by atoms with van der Waals surface area (Å²) in [6.07, 6.45) is 0.375. The van der Waals surface area contributed by atoms with Crippen LogP contribution in [-0.2, 0) is 14.6 Å². The van der Waals surface area contributed by atoms with Gasteiger partial charge in [-0.1, -0.05) is 19.1 Å². The van der Waals surface area contributed by atoms with Gasteiger partial charge in [0.1, 0.15) is 17.5 Å². The van der Waals surface area contributed by atoms with Crippen molar-refractivity contribution in [3.8, 4) is 6.07 Å². The second kappa shape index (κ2) is 4.42. The molecule has 0 saturated heterocycles. The Bertz CT molecular complexity index is 665. The maximum Gasteiger partial charge on any atom is 0.155 e. The van der Waals surface area contributed by atoms with Gasteiger partial charge >= 0.3 is 0 Å². The van der Waals surface area contributed by atoms with Crippen LogP contribution in [-0.4, -0.2) is 25.7 Å². The van der Waals surface area contributed by atoms with Crippen LogP contribution in [0.2, 0.25) is 0 Å². The van der Waals surface area contributed by atoms with E-state index in [1.54, 1.807) is 6.07 Å². The van der Waals surface area contributed by atoms with Gasteiger partial charge in [0.15, 0.2) is 9.84 Å². The number of hydrogen-bond acceptors (Lipinski definition) is 4. The fourth-order valence-electron chi connectivity index (χ4n) is 2.51. The maximum atomic E-state index is 13.2. The van der Waals surface area contributed by atoms with Gasteiger partial charge in [0.05, 0.1) is 11.3 Å². The van der Waals surface area contributed by atoms with E-state index in [9.17, 15) is 17.6 Å². The smallest absolute Gasteiger partial charge is 0.155 e. The number of aldehydes is 1. The summed E-state index contributed by atoms with van der Waals surface area (Å²) < 4.78 is 37.1. The lowest BCUT2D eigenvalue weighted by atomic mass is 10.0. The Balaban J connectivity index is 2.52. The molecule has 100 valence electrons. The van der Waals surface area contributed by atoms with E-state index in [0.29, 0.717) is 11.8 Å². The molecule has 4 nitrogen and oxygen atoms in total. The molecular formula is C13H12FNO3S. The van der Waals surface area contributed by atoms with E-state index in [1.807, 2.05) is 0 Å². The summed E-state index contributed by atoms with van der Waals surface area (Å²) in [7, 11) is -3.54. The van der Waals surface area contributed by atoms with Crippen LogP contribution in [0.25, 0.3) is 0 Å². The third-order valence-corrected chi connectivity index (χ3v) is 5.81. The largest absolute Gasteiger partial charge is 0.302 e. The predicted molar refractivity (Wildman–Crippen MR) is 66.5 cm³/mol. The van der Waals surface area contributed by atoms with Gasteiger partial charge in [-0.05, 0) is 17.7 Å². The summed E-state index contributed by atoms with van der Waals surface area (Å²) in [5, 5.41) is 8.07. The third-order valence-electron chi connectivity index (χ3n) is 3.56.